The van der Waals surface area contributed by atoms with Crippen LogP contribution in [0.25, 0.3) is 0 Å². The maximum atomic E-state index is 13.1. The van der Waals surface area contributed by atoms with Gasteiger partial charge in [-0.2, -0.15) is 0 Å². The van der Waals surface area contributed by atoms with Crippen molar-refractivity contribution in [2.45, 2.75) is 25.2 Å². The largest absolute Gasteiger partial charge is 0.469 e. The summed E-state index contributed by atoms with van der Waals surface area (Å²) in [6, 6.07) is 13.6. The molecule has 3 rings (SSSR count). The summed E-state index contributed by atoms with van der Waals surface area (Å²) < 4.78 is 17.8. The summed E-state index contributed by atoms with van der Waals surface area (Å²) in [7, 11) is 1.38. The predicted molar refractivity (Wildman–Crippen MR) is 96.4 cm³/mol. The van der Waals surface area contributed by atoms with E-state index in [1.165, 1.54) is 31.4 Å². The van der Waals surface area contributed by atoms with E-state index in [9.17, 15) is 14.0 Å². The van der Waals surface area contributed by atoms with Crippen LogP contribution in [0.5, 0.6) is 0 Å². The van der Waals surface area contributed by atoms with Crippen LogP contribution in [0.1, 0.15) is 40.2 Å². The Morgan fingerprint density at radius 3 is 2.69 bits per heavy atom. The number of rotatable bonds is 4. The summed E-state index contributed by atoms with van der Waals surface area (Å²) in [5.41, 5.74) is 2.55. The zero-order valence-corrected chi connectivity index (χ0v) is 14.8. The van der Waals surface area contributed by atoms with Gasteiger partial charge in [0.1, 0.15) is 5.82 Å². The fourth-order valence-electron chi connectivity index (χ4n) is 3.40. The summed E-state index contributed by atoms with van der Waals surface area (Å²) in [4.78, 5) is 26.0. The number of esters is 1. The molecule has 1 saturated heterocycles. The number of carbonyl (C=O) groups excluding carboxylic acids is 2. The number of halogens is 1. The topological polar surface area (TPSA) is 46.6 Å². The lowest BCUT2D eigenvalue weighted by atomic mass is 9.89. The molecule has 0 spiro atoms. The second-order valence-corrected chi connectivity index (χ2v) is 6.60. The number of ether oxygens (including phenoxy) is 1. The molecule has 136 valence electrons. The van der Waals surface area contributed by atoms with Gasteiger partial charge < -0.3 is 9.64 Å². The van der Waals surface area contributed by atoms with E-state index in [4.69, 9.17) is 4.74 Å². The number of piperidine rings is 1. The highest BCUT2D eigenvalue weighted by Gasteiger charge is 2.25. The predicted octanol–water partition coefficient (Wildman–Crippen LogP) is 3.56. The highest BCUT2D eigenvalue weighted by atomic mass is 19.1. The molecule has 1 heterocycles. The quantitative estimate of drug-likeness (QED) is 0.788. The summed E-state index contributed by atoms with van der Waals surface area (Å²) >= 11 is 0. The van der Waals surface area contributed by atoms with Crippen LogP contribution in [0.3, 0.4) is 0 Å². The van der Waals surface area contributed by atoms with Crippen molar-refractivity contribution in [3.8, 4) is 0 Å². The van der Waals surface area contributed by atoms with Crippen molar-refractivity contribution in [1.82, 2.24) is 4.90 Å². The van der Waals surface area contributed by atoms with E-state index in [1.807, 2.05) is 29.2 Å². The Morgan fingerprint density at radius 1 is 1.19 bits per heavy atom. The summed E-state index contributed by atoms with van der Waals surface area (Å²) in [6.07, 6.45) is 2.16. The van der Waals surface area contributed by atoms with Crippen LogP contribution in [-0.2, 0) is 16.0 Å². The van der Waals surface area contributed by atoms with Crippen molar-refractivity contribution in [2.75, 3.05) is 20.2 Å². The smallest absolute Gasteiger partial charge is 0.309 e. The van der Waals surface area contributed by atoms with Crippen molar-refractivity contribution in [3.05, 3.63) is 71.0 Å². The first kappa shape index (κ1) is 18.1. The standard InChI is InChI=1S/C21H22FNO3/c1-26-20(24)13-15-4-2-5-17(12-15)18-6-3-11-23(14-18)21(25)16-7-9-19(22)10-8-16/h2,4-5,7-10,12,18H,3,6,11,13-14H2,1H3. The van der Waals surface area contributed by atoms with Crippen LogP contribution in [0.2, 0.25) is 0 Å². The number of amides is 1. The molecule has 0 radical (unpaired) electrons. The minimum Gasteiger partial charge on any atom is -0.469 e. The molecule has 1 aliphatic rings. The number of hydrogen-bond acceptors (Lipinski definition) is 3. The van der Waals surface area contributed by atoms with E-state index in [-0.39, 0.29) is 30.0 Å². The second kappa shape index (κ2) is 8.13. The van der Waals surface area contributed by atoms with E-state index in [0.717, 1.165) is 24.0 Å². The molecule has 1 fully saturated rings. The van der Waals surface area contributed by atoms with Gasteiger partial charge >= 0.3 is 5.97 Å². The van der Waals surface area contributed by atoms with Gasteiger partial charge in [-0.1, -0.05) is 24.3 Å². The van der Waals surface area contributed by atoms with Gasteiger partial charge in [0.05, 0.1) is 13.5 Å². The Labute approximate surface area is 152 Å². The molecule has 26 heavy (non-hydrogen) atoms. The molecule has 0 N–H and O–H groups in total. The van der Waals surface area contributed by atoms with Gasteiger partial charge in [-0.15, -0.1) is 0 Å². The third-order valence-corrected chi connectivity index (χ3v) is 4.80. The molecule has 1 amide bonds. The summed E-state index contributed by atoms with van der Waals surface area (Å²) in [6.45, 7) is 1.33. The van der Waals surface area contributed by atoms with Crippen molar-refractivity contribution < 1.29 is 18.7 Å². The fraction of sp³-hybridized carbons (Fsp3) is 0.333. The number of likely N-dealkylation sites (tertiary alicyclic amines) is 1. The third kappa shape index (κ3) is 4.28. The lowest BCUT2D eigenvalue weighted by Gasteiger charge is -2.33. The molecule has 1 atom stereocenters. The second-order valence-electron chi connectivity index (χ2n) is 6.60. The third-order valence-electron chi connectivity index (χ3n) is 4.80. The highest BCUT2D eigenvalue weighted by Crippen LogP contribution is 2.28. The zero-order chi connectivity index (χ0) is 18.5. The van der Waals surface area contributed by atoms with Crippen LogP contribution in [0.15, 0.2) is 48.5 Å². The molecule has 4 nitrogen and oxygen atoms in total. The molecule has 0 aromatic heterocycles. The van der Waals surface area contributed by atoms with Crippen LogP contribution >= 0.6 is 0 Å². The summed E-state index contributed by atoms with van der Waals surface area (Å²) in [5.74, 6) is -0.453. The number of hydrogen-bond donors (Lipinski definition) is 0. The molecule has 1 unspecified atom stereocenters. The Hall–Kier alpha value is -2.69. The van der Waals surface area contributed by atoms with Gasteiger partial charge in [-0.25, -0.2) is 4.39 Å². The molecule has 0 aliphatic carbocycles. The summed E-state index contributed by atoms with van der Waals surface area (Å²) in [5, 5.41) is 0. The maximum Gasteiger partial charge on any atom is 0.309 e. The molecule has 0 saturated carbocycles. The molecule has 5 heteroatoms. The van der Waals surface area contributed by atoms with E-state index < -0.39 is 0 Å². The van der Waals surface area contributed by atoms with Gasteiger partial charge in [-0.3, -0.25) is 9.59 Å². The first-order chi connectivity index (χ1) is 12.6. The SMILES string of the molecule is COC(=O)Cc1cccc(C2CCCN(C(=O)c3ccc(F)cc3)C2)c1. The molecule has 1 aliphatic heterocycles. The van der Waals surface area contributed by atoms with E-state index in [1.54, 1.807) is 0 Å². The maximum absolute atomic E-state index is 13.1. The van der Waals surface area contributed by atoms with Crippen LogP contribution in [0, 0.1) is 5.82 Å². The molecule has 2 aromatic rings. The minimum absolute atomic E-state index is 0.0691. The number of methoxy groups -OCH3 is 1. The Kier molecular flexibility index (Phi) is 5.66. The Balaban J connectivity index is 1.72. The van der Waals surface area contributed by atoms with Crippen LogP contribution in [0.4, 0.5) is 4.39 Å². The first-order valence-corrected chi connectivity index (χ1v) is 8.77. The average molecular weight is 355 g/mol. The lowest BCUT2D eigenvalue weighted by molar-refractivity contribution is -0.139. The van der Waals surface area contributed by atoms with Crippen molar-refractivity contribution in [3.63, 3.8) is 0 Å². The van der Waals surface area contributed by atoms with E-state index in [2.05, 4.69) is 0 Å². The van der Waals surface area contributed by atoms with Crippen LogP contribution < -0.4 is 0 Å². The monoisotopic (exact) mass is 355 g/mol. The number of nitrogens with zero attached hydrogens (tertiary/aromatic N) is 1. The molecule has 0 bridgehead atoms. The zero-order valence-electron chi connectivity index (χ0n) is 14.8. The average Bonchev–Trinajstić information content (AvgIpc) is 2.68. The van der Waals surface area contributed by atoms with Gasteiger partial charge in [0.15, 0.2) is 0 Å². The van der Waals surface area contributed by atoms with E-state index in [0.29, 0.717) is 18.7 Å². The van der Waals surface area contributed by atoms with Gasteiger partial charge in [0.25, 0.3) is 5.91 Å². The number of benzene rings is 2. The van der Waals surface area contributed by atoms with Gasteiger partial charge in [0, 0.05) is 24.6 Å². The Morgan fingerprint density at radius 2 is 1.96 bits per heavy atom. The van der Waals surface area contributed by atoms with Crippen molar-refractivity contribution in [1.29, 1.82) is 0 Å². The van der Waals surface area contributed by atoms with Gasteiger partial charge in [0.2, 0.25) is 0 Å². The van der Waals surface area contributed by atoms with E-state index >= 15 is 0 Å². The molecular weight excluding hydrogens is 333 g/mol. The first-order valence-electron chi connectivity index (χ1n) is 8.77. The fourth-order valence-corrected chi connectivity index (χ4v) is 3.40. The highest BCUT2D eigenvalue weighted by molar-refractivity contribution is 5.94. The van der Waals surface area contributed by atoms with Crippen molar-refractivity contribution in [2.24, 2.45) is 0 Å². The van der Waals surface area contributed by atoms with Crippen molar-refractivity contribution >= 4 is 11.9 Å². The molecular formula is C21H22FNO3. The normalized spacial score (nSPS) is 17.0. The van der Waals surface area contributed by atoms with Crippen LogP contribution in [-0.4, -0.2) is 37.0 Å². The Bertz CT molecular complexity index is 788. The minimum atomic E-state index is -0.347. The number of carbonyl (C=O) groups is 2. The lowest BCUT2D eigenvalue weighted by Crippen LogP contribution is -2.39. The van der Waals surface area contributed by atoms with Gasteiger partial charge in [-0.05, 0) is 48.2 Å². The molecule has 2 aromatic carbocycles.